The number of piperidine rings is 1. The van der Waals surface area contributed by atoms with Crippen LogP contribution in [-0.2, 0) is 13.0 Å². The van der Waals surface area contributed by atoms with Gasteiger partial charge in [0.25, 0.3) is 0 Å². The van der Waals surface area contributed by atoms with Gasteiger partial charge in [0.15, 0.2) is 0 Å². The smallest absolute Gasteiger partial charge is 0.123 e. The topological polar surface area (TPSA) is 44.7 Å². The number of nitrogens with zero attached hydrogens (tertiary/aromatic N) is 1. The van der Waals surface area contributed by atoms with Crippen LogP contribution < -0.4 is 10.1 Å². The Hall–Kier alpha value is -1.10. The fraction of sp³-hybridized carbons (Fsp3) is 0.684. The van der Waals surface area contributed by atoms with Crippen molar-refractivity contribution in [1.82, 2.24) is 10.2 Å². The van der Waals surface area contributed by atoms with E-state index in [0.717, 1.165) is 64.2 Å². The molecule has 3 rings (SSSR count). The Morgan fingerprint density at radius 1 is 1.30 bits per heavy atom. The Balaban J connectivity index is 1.35. The number of benzene rings is 1. The summed E-state index contributed by atoms with van der Waals surface area (Å²) in [4.78, 5) is 2.46. The van der Waals surface area contributed by atoms with Crippen LogP contribution in [-0.4, -0.2) is 47.9 Å². The maximum absolute atomic E-state index is 9.51. The fourth-order valence-corrected chi connectivity index (χ4v) is 3.58. The molecular weight excluding hydrogens is 288 g/mol. The van der Waals surface area contributed by atoms with Gasteiger partial charge in [-0.3, -0.25) is 0 Å². The molecule has 0 atom stereocenters. The first kappa shape index (κ1) is 16.7. The van der Waals surface area contributed by atoms with E-state index < -0.39 is 0 Å². The van der Waals surface area contributed by atoms with Crippen molar-refractivity contribution in [3.63, 3.8) is 0 Å². The van der Waals surface area contributed by atoms with E-state index in [-0.39, 0.29) is 11.7 Å². The summed E-state index contributed by atoms with van der Waals surface area (Å²) in [6, 6.07) is 6.56. The van der Waals surface area contributed by atoms with Crippen molar-refractivity contribution in [2.45, 2.75) is 57.8 Å². The fourth-order valence-electron chi connectivity index (χ4n) is 3.58. The van der Waals surface area contributed by atoms with Gasteiger partial charge in [-0.15, -0.1) is 0 Å². The van der Waals surface area contributed by atoms with Gasteiger partial charge in [0, 0.05) is 26.1 Å². The summed E-state index contributed by atoms with van der Waals surface area (Å²) in [7, 11) is 0. The molecule has 2 aliphatic heterocycles. The minimum absolute atomic E-state index is 0.0591. The molecule has 4 nitrogen and oxygen atoms in total. The zero-order valence-electron chi connectivity index (χ0n) is 14.5. The van der Waals surface area contributed by atoms with E-state index in [4.69, 9.17) is 4.74 Å². The third-order valence-electron chi connectivity index (χ3n) is 4.84. The van der Waals surface area contributed by atoms with Gasteiger partial charge in [-0.2, -0.15) is 0 Å². The van der Waals surface area contributed by atoms with Crippen molar-refractivity contribution >= 4 is 0 Å². The number of hydrogen-bond acceptors (Lipinski definition) is 4. The Bertz CT molecular complexity index is 522. The van der Waals surface area contributed by atoms with E-state index in [2.05, 4.69) is 42.3 Å². The summed E-state index contributed by atoms with van der Waals surface area (Å²) < 4.78 is 5.92. The van der Waals surface area contributed by atoms with Crippen molar-refractivity contribution in [2.75, 3.05) is 26.2 Å². The zero-order chi connectivity index (χ0) is 16.3. The molecule has 0 aliphatic carbocycles. The summed E-state index contributed by atoms with van der Waals surface area (Å²) in [6.07, 6.45) is 3.95. The third-order valence-corrected chi connectivity index (χ3v) is 4.84. The normalized spacial score (nSPS) is 21.2. The van der Waals surface area contributed by atoms with Gasteiger partial charge in [0.2, 0.25) is 0 Å². The van der Waals surface area contributed by atoms with Crippen molar-refractivity contribution < 1.29 is 9.84 Å². The van der Waals surface area contributed by atoms with Crippen LogP contribution in [0.1, 0.15) is 44.2 Å². The third kappa shape index (κ3) is 4.69. The first-order chi connectivity index (χ1) is 11.0. The molecule has 128 valence electrons. The van der Waals surface area contributed by atoms with Gasteiger partial charge in [0.05, 0.1) is 6.10 Å². The molecule has 2 N–H and O–H groups in total. The number of ether oxygens (including phenoxy) is 1. The summed E-state index contributed by atoms with van der Waals surface area (Å²) in [5, 5.41) is 13.1. The quantitative estimate of drug-likeness (QED) is 0.790. The molecule has 1 fully saturated rings. The number of nitrogens with one attached hydrogen (secondary N) is 1. The molecule has 0 radical (unpaired) electrons. The molecule has 4 heteroatoms. The highest BCUT2D eigenvalue weighted by Gasteiger charge is 2.29. The minimum Gasteiger partial charge on any atom is -0.487 e. The molecule has 0 saturated carbocycles. The predicted molar refractivity (Wildman–Crippen MR) is 92.9 cm³/mol. The SMILES string of the molecule is CC1(C)Cc2cc(CNCCCN3CCC(O)CC3)ccc2O1. The highest BCUT2D eigenvalue weighted by Crippen LogP contribution is 2.35. The monoisotopic (exact) mass is 318 g/mol. The average Bonchev–Trinajstić information content (AvgIpc) is 2.82. The van der Waals surface area contributed by atoms with E-state index >= 15 is 0 Å². The Morgan fingerprint density at radius 3 is 2.87 bits per heavy atom. The maximum Gasteiger partial charge on any atom is 0.123 e. The van der Waals surface area contributed by atoms with Gasteiger partial charge in [-0.1, -0.05) is 12.1 Å². The van der Waals surface area contributed by atoms with Crippen LogP contribution in [0.25, 0.3) is 0 Å². The van der Waals surface area contributed by atoms with Crippen LogP contribution in [0.3, 0.4) is 0 Å². The molecule has 2 aliphatic rings. The van der Waals surface area contributed by atoms with E-state index in [1.807, 2.05) is 0 Å². The molecule has 0 unspecified atom stereocenters. The molecule has 1 saturated heterocycles. The lowest BCUT2D eigenvalue weighted by Crippen LogP contribution is -2.37. The van der Waals surface area contributed by atoms with Crippen LogP contribution in [0.5, 0.6) is 5.75 Å². The molecule has 1 aromatic carbocycles. The van der Waals surface area contributed by atoms with Crippen molar-refractivity contribution in [3.8, 4) is 5.75 Å². The number of rotatable bonds is 6. The molecule has 2 heterocycles. The van der Waals surface area contributed by atoms with Gasteiger partial charge in [0.1, 0.15) is 11.4 Å². The zero-order valence-corrected chi connectivity index (χ0v) is 14.5. The second-order valence-corrected chi connectivity index (χ2v) is 7.58. The number of aliphatic hydroxyl groups excluding tert-OH is 1. The highest BCUT2D eigenvalue weighted by molar-refractivity contribution is 5.41. The lowest BCUT2D eigenvalue weighted by molar-refractivity contribution is 0.0821. The predicted octanol–water partition coefficient (Wildman–Crippen LogP) is 2.34. The molecule has 0 spiro atoms. The Labute approximate surface area is 139 Å². The molecule has 1 aromatic rings. The highest BCUT2D eigenvalue weighted by atomic mass is 16.5. The van der Waals surface area contributed by atoms with E-state index in [9.17, 15) is 5.11 Å². The van der Waals surface area contributed by atoms with Crippen molar-refractivity contribution in [2.24, 2.45) is 0 Å². The molecule has 0 aromatic heterocycles. The number of fused-ring (bicyclic) bond motifs is 1. The van der Waals surface area contributed by atoms with E-state index in [1.54, 1.807) is 0 Å². The summed E-state index contributed by atoms with van der Waals surface area (Å²) in [5.74, 6) is 1.05. The molecule has 23 heavy (non-hydrogen) atoms. The maximum atomic E-state index is 9.51. The minimum atomic E-state index is -0.0712. The number of hydrogen-bond donors (Lipinski definition) is 2. The lowest BCUT2D eigenvalue weighted by atomic mass is 10.0. The molecule has 0 amide bonds. The van der Waals surface area contributed by atoms with Gasteiger partial charge in [-0.25, -0.2) is 0 Å². The second kappa shape index (κ2) is 7.20. The Kier molecular flexibility index (Phi) is 5.24. The Morgan fingerprint density at radius 2 is 2.09 bits per heavy atom. The van der Waals surface area contributed by atoms with E-state index in [0.29, 0.717) is 0 Å². The van der Waals surface area contributed by atoms with Crippen molar-refractivity contribution in [1.29, 1.82) is 0 Å². The van der Waals surface area contributed by atoms with Crippen LogP contribution in [0.15, 0.2) is 18.2 Å². The second-order valence-electron chi connectivity index (χ2n) is 7.58. The average molecular weight is 318 g/mol. The van der Waals surface area contributed by atoms with Crippen LogP contribution in [0.4, 0.5) is 0 Å². The largest absolute Gasteiger partial charge is 0.487 e. The molecular formula is C19H30N2O2. The summed E-state index contributed by atoms with van der Waals surface area (Å²) >= 11 is 0. The summed E-state index contributed by atoms with van der Waals surface area (Å²) in [6.45, 7) is 9.47. The van der Waals surface area contributed by atoms with Crippen molar-refractivity contribution in [3.05, 3.63) is 29.3 Å². The number of likely N-dealkylation sites (tertiary alicyclic amines) is 1. The number of aliphatic hydroxyl groups is 1. The lowest BCUT2D eigenvalue weighted by Gasteiger charge is -2.29. The van der Waals surface area contributed by atoms with Gasteiger partial charge >= 0.3 is 0 Å². The standard InChI is InChI=1S/C19H30N2O2/c1-19(2)13-16-12-15(4-5-18(16)23-19)14-20-8-3-9-21-10-6-17(22)7-11-21/h4-5,12,17,20,22H,3,6-11,13-14H2,1-2H3. The van der Waals surface area contributed by atoms with Crippen LogP contribution in [0.2, 0.25) is 0 Å². The van der Waals surface area contributed by atoms with Crippen LogP contribution >= 0.6 is 0 Å². The van der Waals surface area contributed by atoms with E-state index in [1.165, 1.54) is 11.1 Å². The summed E-state index contributed by atoms with van der Waals surface area (Å²) in [5.41, 5.74) is 2.61. The first-order valence-corrected chi connectivity index (χ1v) is 8.94. The van der Waals surface area contributed by atoms with Gasteiger partial charge in [-0.05, 0) is 63.4 Å². The van der Waals surface area contributed by atoms with Gasteiger partial charge < -0.3 is 20.1 Å². The van der Waals surface area contributed by atoms with Crippen LogP contribution in [0, 0.1) is 0 Å². The molecule has 0 bridgehead atoms. The first-order valence-electron chi connectivity index (χ1n) is 8.94.